The van der Waals surface area contributed by atoms with Gasteiger partial charge in [-0.25, -0.2) is 4.99 Å². The summed E-state index contributed by atoms with van der Waals surface area (Å²) in [6.07, 6.45) is 1.59. The second kappa shape index (κ2) is 9.29. The first kappa shape index (κ1) is 19.8. The molecule has 2 aromatic carbocycles. The number of hydrogen-bond acceptors (Lipinski definition) is 5. The lowest BCUT2D eigenvalue weighted by Crippen LogP contribution is -2.16. The highest BCUT2D eigenvalue weighted by molar-refractivity contribution is 5.95. The number of pyridine rings is 1. The molecule has 0 saturated carbocycles. The number of benzene rings is 2. The quantitative estimate of drug-likeness (QED) is 0.399. The number of nitriles is 1. The second-order valence-corrected chi connectivity index (χ2v) is 6.37. The molecular weight excluding hydrogens is 364 g/mol. The van der Waals surface area contributed by atoms with Crippen molar-refractivity contribution in [3.63, 3.8) is 0 Å². The molecule has 0 radical (unpaired) electrons. The minimum atomic E-state index is -0.348. The summed E-state index contributed by atoms with van der Waals surface area (Å²) in [4.78, 5) is 21.1. The standard InChI is InChI=1S/C23H20N4O2/c1-29-23(25)27-22(18-7-3-2-4-8-18)19-9-5-6-16(12-19)13-21(28)20-11-10-17(14-24)15-26-20/h2-12,15,22H,13H2,1H3,(H2,25,27). The van der Waals surface area contributed by atoms with E-state index in [-0.39, 0.29) is 24.3 Å². The van der Waals surface area contributed by atoms with Gasteiger partial charge in [0.05, 0.1) is 12.7 Å². The Morgan fingerprint density at radius 3 is 2.55 bits per heavy atom. The van der Waals surface area contributed by atoms with Gasteiger partial charge in [0.25, 0.3) is 6.02 Å². The SMILES string of the molecule is COC(N)=NC(c1ccccc1)c1cccc(CC(=O)c2ccc(C#N)cn2)c1. The van der Waals surface area contributed by atoms with Gasteiger partial charge in [0.1, 0.15) is 17.8 Å². The lowest BCUT2D eigenvalue weighted by Gasteiger charge is -2.15. The molecule has 0 amide bonds. The van der Waals surface area contributed by atoms with Gasteiger partial charge in [-0.05, 0) is 28.8 Å². The third-order valence-corrected chi connectivity index (χ3v) is 4.39. The highest BCUT2D eigenvalue weighted by atomic mass is 16.5. The van der Waals surface area contributed by atoms with Crippen molar-refractivity contribution in [1.82, 2.24) is 4.98 Å². The maximum atomic E-state index is 12.6. The highest BCUT2D eigenvalue weighted by Crippen LogP contribution is 2.27. The fourth-order valence-corrected chi connectivity index (χ4v) is 2.93. The summed E-state index contributed by atoms with van der Waals surface area (Å²) in [7, 11) is 1.47. The van der Waals surface area contributed by atoms with Crippen molar-refractivity contribution in [1.29, 1.82) is 5.26 Å². The molecule has 0 saturated heterocycles. The number of nitrogens with zero attached hydrogens (tertiary/aromatic N) is 3. The first-order chi connectivity index (χ1) is 14.1. The lowest BCUT2D eigenvalue weighted by atomic mass is 9.96. The molecule has 0 spiro atoms. The summed E-state index contributed by atoms with van der Waals surface area (Å²) in [6, 6.07) is 22.3. The van der Waals surface area contributed by atoms with Crippen molar-refractivity contribution in [2.24, 2.45) is 10.7 Å². The minimum absolute atomic E-state index is 0.0853. The van der Waals surface area contributed by atoms with Crippen LogP contribution in [0.25, 0.3) is 0 Å². The predicted octanol–water partition coefficient (Wildman–Crippen LogP) is 3.43. The van der Waals surface area contributed by atoms with E-state index < -0.39 is 0 Å². The average Bonchev–Trinajstić information content (AvgIpc) is 2.78. The summed E-state index contributed by atoms with van der Waals surface area (Å²) >= 11 is 0. The summed E-state index contributed by atoms with van der Waals surface area (Å²) in [5.74, 6) is -0.122. The zero-order valence-electron chi connectivity index (χ0n) is 15.9. The molecule has 3 aromatic rings. The van der Waals surface area contributed by atoms with E-state index in [0.29, 0.717) is 11.3 Å². The van der Waals surface area contributed by atoms with Crippen LogP contribution in [-0.2, 0) is 11.2 Å². The largest absolute Gasteiger partial charge is 0.469 e. The van der Waals surface area contributed by atoms with Gasteiger partial charge in [-0.1, -0.05) is 54.6 Å². The maximum Gasteiger partial charge on any atom is 0.282 e. The number of carbonyl (C=O) groups is 1. The topological polar surface area (TPSA) is 101 Å². The van der Waals surface area contributed by atoms with Crippen LogP contribution in [0.1, 0.15) is 38.8 Å². The number of methoxy groups -OCH3 is 1. The Morgan fingerprint density at radius 2 is 1.90 bits per heavy atom. The normalized spacial score (nSPS) is 12.1. The summed E-state index contributed by atoms with van der Waals surface area (Å²) in [5.41, 5.74) is 9.26. The van der Waals surface area contributed by atoms with Gasteiger partial charge in [0.15, 0.2) is 5.78 Å². The molecule has 29 heavy (non-hydrogen) atoms. The third-order valence-electron chi connectivity index (χ3n) is 4.39. The molecule has 0 aliphatic heterocycles. The number of carbonyl (C=O) groups excluding carboxylic acids is 1. The van der Waals surface area contributed by atoms with Gasteiger partial charge in [0, 0.05) is 12.6 Å². The van der Waals surface area contributed by atoms with Gasteiger partial charge < -0.3 is 10.5 Å². The number of aliphatic imine (C=N–C) groups is 1. The molecule has 1 atom stereocenters. The van der Waals surface area contributed by atoms with Gasteiger partial charge in [-0.2, -0.15) is 5.26 Å². The lowest BCUT2D eigenvalue weighted by molar-refractivity contribution is 0.0988. The van der Waals surface area contributed by atoms with Crippen molar-refractivity contribution in [3.05, 3.63) is 101 Å². The van der Waals surface area contributed by atoms with Gasteiger partial charge in [-0.15, -0.1) is 0 Å². The van der Waals surface area contributed by atoms with Crippen molar-refractivity contribution in [2.75, 3.05) is 7.11 Å². The molecular formula is C23H20N4O2. The van der Waals surface area contributed by atoms with Crippen LogP contribution in [-0.4, -0.2) is 23.9 Å². The summed E-state index contributed by atoms with van der Waals surface area (Å²) in [5, 5.41) is 8.86. The molecule has 6 nitrogen and oxygen atoms in total. The molecule has 0 aliphatic carbocycles. The summed E-state index contributed by atoms with van der Waals surface area (Å²) in [6.45, 7) is 0. The van der Waals surface area contributed by atoms with Crippen molar-refractivity contribution < 1.29 is 9.53 Å². The number of aromatic nitrogens is 1. The van der Waals surface area contributed by atoms with Crippen LogP contribution in [0.2, 0.25) is 0 Å². The van der Waals surface area contributed by atoms with E-state index in [1.54, 1.807) is 12.1 Å². The van der Waals surface area contributed by atoms with Gasteiger partial charge in [-0.3, -0.25) is 9.78 Å². The van der Waals surface area contributed by atoms with Crippen LogP contribution >= 0.6 is 0 Å². The van der Waals surface area contributed by atoms with E-state index in [2.05, 4.69) is 9.98 Å². The third kappa shape index (κ3) is 5.05. The molecule has 1 aromatic heterocycles. The second-order valence-electron chi connectivity index (χ2n) is 6.37. The first-order valence-electron chi connectivity index (χ1n) is 9.01. The number of amidine groups is 1. The Kier molecular flexibility index (Phi) is 6.33. The summed E-state index contributed by atoms with van der Waals surface area (Å²) < 4.78 is 5.04. The number of ketones is 1. The van der Waals surface area contributed by atoms with Crippen molar-refractivity contribution in [3.8, 4) is 6.07 Å². The number of ether oxygens (including phenoxy) is 1. The van der Waals surface area contributed by atoms with E-state index in [1.807, 2.05) is 60.7 Å². The van der Waals surface area contributed by atoms with E-state index in [4.69, 9.17) is 15.7 Å². The first-order valence-corrected chi connectivity index (χ1v) is 9.01. The van der Waals surface area contributed by atoms with E-state index in [1.165, 1.54) is 13.3 Å². The number of Topliss-reactive ketones (excluding diaryl/α,β-unsaturated/α-hetero) is 1. The molecule has 0 bridgehead atoms. The van der Waals surface area contributed by atoms with Gasteiger partial charge >= 0.3 is 0 Å². The van der Waals surface area contributed by atoms with Crippen LogP contribution in [0.15, 0.2) is 77.9 Å². The zero-order valence-corrected chi connectivity index (χ0v) is 15.9. The molecule has 0 fully saturated rings. The van der Waals surface area contributed by atoms with Gasteiger partial charge in [0.2, 0.25) is 0 Å². The molecule has 2 N–H and O–H groups in total. The van der Waals surface area contributed by atoms with Crippen LogP contribution < -0.4 is 5.73 Å². The van der Waals surface area contributed by atoms with E-state index in [0.717, 1.165) is 16.7 Å². The van der Waals surface area contributed by atoms with E-state index in [9.17, 15) is 4.79 Å². The van der Waals surface area contributed by atoms with Crippen LogP contribution in [0.4, 0.5) is 0 Å². The van der Waals surface area contributed by atoms with Crippen LogP contribution in [0.3, 0.4) is 0 Å². The molecule has 144 valence electrons. The smallest absolute Gasteiger partial charge is 0.282 e. The Hall–Kier alpha value is -3.98. The fraction of sp³-hybridized carbons (Fsp3) is 0.130. The Morgan fingerprint density at radius 1 is 1.14 bits per heavy atom. The minimum Gasteiger partial charge on any atom is -0.469 e. The fourth-order valence-electron chi connectivity index (χ4n) is 2.93. The Bertz CT molecular complexity index is 1050. The molecule has 1 heterocycles. The number of nitrogens with two attached hydrogens (primary N) is 1. The Balaban J connectivity index is 1.88. The zero-order chi connectivity index (χ0) is 20.6. The monoisotopic (exact) mass is 384 g/mol. The number of hydrogen-bond donors (Lipinski definition) is 1. The molecule has 6 heteroatoms. The van der Waals surface area contributed by atoms with Crippen LogP contribution in [0, 0.1) is 11.3 Å². The van der Waals surface area contributed by atoms with E-state index >= 15 is 0 Å². The maximum absolute atomic E-state index is 12.6. The van der Waals surface area contributed by atoms with Crippen LogP contribution in [0.5, 0.6) is 0 Å². The molecule has 0 aliphatic rings. The van der Waals surface area contributed by atoms with Crippen molar-refractivity contribution in [2.45, 2.75) is 12.5 Å². The van der Waals surface area contributed by atoms with Crippen molar-refractivity contribution >= 4 is 11.8 Å². The number of rotatable bonds is 6. The highest BCUT2D eigenvalue weighted by Gasteiger charge is 2.16. The molecule has 1 unspecified atom stereocenters. The predicted molar refractivity (Wildman–Crippen MR) is 110 cm³/mol. The molecule has 3 rings (SSSR count). The Labute approximate surface area is 169 Å². The average molecular weight is 384 g/mol.